The number of imidazole rings is 1. The molecule has 0 aromatic carbocycles. The minimum absolute atomic E-state index is 0. The van der Waals surface area contributed by atoms with Crippen LogP contribution in [0.5, 0.6) is 0 Å². The van der Waals surface area contributed by atoms with E-state index in [1.807, 2.05) is 22.9 Å². The van der Waals surface area contributed by atoms with Crippen LogP contribution in [0.3, 0.4) is 0 Å². The Balaban J connectivity index is 0.00000192. The molecule has 124 valence electrons. The summed E-state index contributed by atoms with van der Waals surface area (Å²) in [6.45, 7) is 0.507. The molecule has 1 saturated carbocycles. The number of nitrogens with one attached hydrogen (secondary N) is 1. The summed E-state index contributed by atoms with van der Waals surface area (Å²) < 4.78 is 1.88. The number of halogens is 1. The molecular weight excluding hydrogens is 403 g/mol. The summed E-state index contributed by atoms with van der Waals surface area (Å²) in [5.41, 5.74) is 7.04. The molecule has 0 spiro atoms. The number of nitrogens with two attached hydrogens (primary N) is 1. The third kappa shape index (κ3) is 4.92. The van der Waals surface area contributed by atoms with Crippen molar-refractivity contribution in [2.75, 3.05) is 0 Å². The third-order valence-corrected chi connectivity index (χ3v) is 3.99. The average molecular weight is 426 g/mol. The van der Waals surface area contributed by atoms with Crippen LogP contribution in [0.1, 0.15) is 37.7 Å². The Hall–Kier alpha value is -1.64. The Morgan fingerprint density at radius 2 is 2.13 bits per heavy atom. The molecule has 0 amide bonds. The highest BCUT2D eigenvalue weighted by Crippen LogP contribution is 2.17. The second kappa shape index (κ2) is 8.85. The summed E-state index contributed by atoms with van der Waals surface area (Å²) in [4.78, 5) is 12.9. The molecule has 2 heterocycles. The van der Waals surface area contributed by atoms with Gasteiger partial charge in [-0.1, -0.05) is 25.3 Å². The van der Waals surface area contributed by atoms with Crippen LogP contribution in [-0.2, 0) is 6.54 Å². The van der Waals surface area contributed by atoms with E-state index in [2.05, 4.69) is 20.3 Å². The fourth-order valence-electron chi connectivity index (χ4n) is 2.84. The summed E-state index contributed by atoms with van der Waals surface area (Å²) in [7, 11) is 0. The minimum atomic E-state index is 0. The van der Waals surface area contributed by atoms with Gasteiger partial charge in [0.1, 0.15) is 12.1 Å². The average Bonchev–Trinajstić information content (AvgIpc) is 3.08. The lowest BCUT2D eigenvalue weighted by Crippen LogP contribution is -2.41. The highest BCUT2D eigenvalue weighted by Gasteiger charge is 2.13. The smallest absolute Gasteiger partial charge is 0.189 e. The van der Waals surface area contributed by atoms with E-state index in [0.717, 1.165) is 11.4 Å². The normalized spacial score (nSPS) is 15.9. The number of guanidine groups is 1. The Morgan fingerprint density at radius 3 is 2.87 bits per heavy atom. The number of hydrogen-bond donors (Lipinski definition) is 2. The first-order valence-electron chi connectivity index (χ1n) is 7.81. The van der Waals surface area contributed by atoms with Gasteiger partial charge in [0.05, 0.1) is 6.54 Å². The zero-order valence-electron chi connectivity index (χ0n) is 13.1. The first-order valence-corrected chi connectivity index (χ1v) is 7.81. The second-order valence-electron chi connectivity index (χ2n) is 5.64. The Labute approximate surface area is 153 Å². The van der Waals surface area contributed by atoms with Crippen molar-refractivity contribution in [2.45, 2.75) is 44.7 Å². The van der Waals surface area contributed by atoms with Gasteiger partial charge in [-0.2, -0.15) is 0 Å². The molecule has 0 bridgehead atoms. The van der Waals surface area contributed by atoms with Crippen LogP contribution >= 0.6 is 24.0 Å². The molecule has 1 fully saturated rings. The molecule has 2 aromatic rings. The van der Waals surface area contributed by atoms with Gasteiger partial charge in [-0.15, -0.1) is 24.0 Å². The van der Waals surface area contributed by atoms with Crippen molar-refractivity contribution in [1.29, 1.82) is 0 Å². The maximum atomic E-state index is 6.02. The van der Waals surface area contributed by atoms with Crippen molar-refractivity contribution in [3.63, 3.8) is 0 Å². The monoisotopic (exact) mass is 426 g/mol. The van der Waals surface area contributed by atoms with E-state index in [1.165, 1.54) is 32.1 Å². The molecule has 7 heteroatoms. The van der Waals surface area contributed by atoms with Gasteiger partial charge in [0.25, 0.3) is 0 Å². The first-order chi connectivity index (χ1) is 10.8. The van der Waals surface area contributed by atoms with Gasteiger partial charge in [-0.3, -0.25) is 4.57 Å². The number of nitrogens with zero attached hydrogens (tertiary/aromatic N) is 4. The first kappa shape index (κ1) is 17.7. The zero-order chi connectivity index (χ0) is 15.2. The maximum absolute atomic E-state index is 6.02. The van der Waals surface area contributed by atoms with Crippen molar-refractivity contribution < 1.29 is 0 Å². The molecule has 0 saturated heterocycles. The third-order valence-electron chi connectivity index (χ3n) is 3.99. The SMILES string of the molecule is I.NC(=NCc1cccnc1-n1ccnc1)NC1CCCCC1. The lowest BCUT2D eigenvalue weighted by molar-refractivity contribution is 0.412. The fourth-order valence-corrected chi connectivity index (χ4v) is 2.84. The molecular formula is C16H23IN6. The van der Waals surface area contributed by atoms with Gasteiger partial charge < -0.3 is 11.1 Å². The topological polar surface area (TPSA) is 81.1 Å². The van der Waals surface area contributed by atoms with Crippen LogP contribution in [0.15, 0.2) is 42.0 Å². The van der Waals surface area contributed by atoms with Gasteiger partial charge >= 0.3 is 0 Å². The highest BCUT2D eigenvalue weighted by atomic mass is 127. The molecule has 0 unspecified atom stereocenters. The van der Waals surface area contributed by atoms with Crippen molar-refractivity contribution >= 4 is 29.9 Å². The largest absolute Gasteiger partial charge is 0.370 e. The molecule has 0 radical (unpaired) electrons. The number of hydrogen-bond acceptors (Lipinski definition) is 3. The standard InChI is InChI=1S/C16H22N6.HI/c17-16(21-14-6-2-1-3-7-14)20-11-13-5-4-8-19-15(13)22-10-9-18-12-22;/h4-5,8-10,12,14H,1-3,6-7,11H2,(H3,17,20,21);1H. The summed E-state index contributed by atoms with van der Waals surface area (Å²) in [5, 5.41) is 3.33. The van der Waals surface area contributed by atoms with E-state index in [-0.39, 0.29) is 24.0 Å². The molecule has 23 heavy (non-hydrogen) atoms. The molecule has 1 aliphatic rings. The van der Waals surface area contributed by atoms with Crippen LogP contribution < -0.4 is 11.1 Å². The Bertz CT molecular complexity index is 619. The van der Waals surface area contributed by atoms with E-state index >= 15 is 0 Å². The van der Waals surface area contributed by atoms with Gasteiger partial charge in [0.15, 0.2) is 5.96 Å². The molecule has 0 aliphatic heterocycles. The van der Waals surface area contributed by atoms with Gasteiger partial charge in [0, 0.05) is 30.2 Å². The van der Waals surface area contributed by atoms with E-state index in [4.69, 9.17) is 5.73 Å². The van der Waals surface area contributed by atoms with Gasteiger partial charge in [0.2, 0.25) is 0 Å². The Morgan fingerprint density at radius 1 is 1.30 bits per heavy atom. The lowest BCUT2D eigenvalue weighted by atomic mass is 9.96. The minimum Gasteiger partial charge on any atom is -0.370 e. The maximum Gasteiger partial charge on any atom is 0.189 e. The molecule has 1 aliphatic carbocycles. The molecule has 3 rings (SSSR count). The van der Waals surface area contributed by atoms with Gasteiger partial charge in [-0.25, -0.2) is 15.0 Å². The van der Waals surface area contributed by atoms with Crippen molar-refractivity contribution in [3.05, 3.63) is 42.6 Å². The predicted molar refractivity (Wildman–Crippen MR) is 102 cm³/mol. The quantitative estimate of drug-likeness (QED) is 0.448. The van der Waals surface area contributed by atoms with Crippen molar-refractivity contribution in [2.24, 2.45) is 10.7 Å². The van der Waals surface area contributed by atoms with Crippen LogP contribution in [0.25, 0.3) is 5.82 Å². The van der Waals surface area contributed by atoms with Crippen molar-refractivity contribution in [1.82, 2.24) is 19.9 Å². The summed E-state index contributed by atoms with van der Waals surface area (Å²) in [5.74, 6) is 1.36. The number of rotatable bonds is 4. The zero-order valence-corrected chi connectivity index (χ0v) is 15.4. The lowest BCUT2D eigenvalue weighted by Gasteiger charge is -2.23. The van der Waals surface area contributed by atoms with Crippen LogP contribution in [-0.4, -0.2) is 26.5 Å². The van der Waals surface area contributed by atoms with Crippen LogP contribution in [0.2, 0.25) is 0 Å². The molecule has 0 atom stereocenters. The second-order valence-corrected chi connectivity index (χ2v) is 5.64. The number of aromatic nitrogens is 3. The number of pyridine rings is 1. The molecule has 3 N–H and O–H groups in total. The fraction of sp³-hybridized carbons (Fsp3) is 0.438. The summed E-state index contributed by atoms with van der Waals surface area (Å²) >= 11 is 0. The van der Waals surface area contributed by atoms with Gasteiger partial charge in [-0.05, 0) is 18.9 Å². The molecule has 6 nitrogen and oxygen atoms in total. The summed E-state index contributed by atoms with van der Waals surface area (Å²) in [6.07, 6.45) is 13.4. The van der Waals surface area contributed by atoms with E-state index in [9.17, 15) is 0 Å². The Kier molecular flexibility index (Phi) is 6.82. The van der Waals surface area contributed by atoms with Crippen LogP contribution in [0.4, 0.5) is 0 Å². The van der Waals surface area contributed by atoms with E-state index < -0.39 is 0 Å². The molecule has 2 aromatic heterocycles. The van der Waals surface area contributed by atoms with Crippen molar-refractivity contribution in [3.8, 4) is 5.82 Å². The van der Waals surface area contributed by atoms with E-state index in [1.54, 1.807) is 18.7 Å². The highest BCUT2D eigenvalue weighted by molar-refractivity contribution is 14.0. The van der Waals surface area contributed by atoms with Crippen LogP contribution in [0, 0.1) is 0 Å². The summed E-state index contributed by atoms with van der Waals surface area (Å²) in [6, 6.07) is 4.40. The van der Waals surface area contributed by atoms with E-state index in [0.29, 0.717) is 18.5 Å². The predicted octanol–water partition coefficient (Wildman–Crippen LogP) is 2.62. The number of aliphatic imine (C=N–C) groups is 1.